The molecule has 0 aromatic carbocycles. The van der Waals surface area contributed by atoms with Gasteiger partial charge < -0.3 is 20.4 Å². The molecule has 4 amide bonds. The summed E-state index contributed by atoms with van der Waals surface area (Å²) in [5.41, 5.74) is 0. The zero-order valence-electron chi connectivity index (χ0n) is 22.2. The summed E-state index contributed by atoms with van der Waals surface area (Å²) in [7, 11) is 0. The molecule has 6 unspecified atom stereocenters. The number of hydrogen-bond acceptors (Lipinski definition) is 4. The van der Waals surface area contributed by atoms with E-state index in [2.05, 4.69) is 10.6 Å². The van der Waals surface area contributed by atoms with Crippen LogP contribution in [0, 0.1) is 11.8 Å². The van der Waals surface area contributed by atoms with E-state index >= 15 is 0 Å². The van der Waals surface area contributed by atoms with Crippen LogP contribution in [0.3, 0.4) is 0 Å². The van der Waals surface area contributed by atoms with Crippen LogP contribution >= 0.6 is 23.2 Å². The molecule has 3 heterocycles. The fourth-order valence-electron chi connectivity index (χ4n) is 7.42. The van der Waals surface area contributed by atoms with E-state index in [9.17, 15) is 19.2 Å². The average Bonchev–Trinajstić information content (AvgIpc) is 2.94. The molecule has 3 aliphatic heterocycles. The third-order valence-electron chi connectivity index (χ3n) is 9.55. The van der Waals surface area contributed by atoms with E-state index in [4.69, 9.17) is 23.2 Å². The Balaban J connectivity index is 1.30. The first kappa shape index (κ1) is 28.0. The molecule has 5 rings (SSSR count). The van der Waals surface area contributed by atoms with Crippen molar-refractivity contribution in [1.29, 1.82) is 0 Å². The van der Waals surface area contributed by atoms with E-state index in [1.165, 1.54) is 0 Å². The number of amides is 4. The number of carbonyl (C=O) groups is 4. The van der Waals surface area contributed by atoms with E-state index in [0.29, 0.717) is 38.8 Å². The molecule has 3 saturated heterocycles. The molecule has 6 atom stereocenters. The van der Waals surface area contributed by atoms with Crippen LogP contribution < -0.4 is 10.6 Å². The van der Waals surface area contributed by atoms with Gasteiger partial charge in [-0.25, -0.2) is 0 Å². The number of nitrogens with one attached hydrogen (secondary N) is 2. The average molecular weight is 570 g/mol. The maximum atomic E-state index is 13.5. The lowest BCUT2D eigenvalue weighted by molar-refractivity contribution is -0.150. The number of halogens is 2. The van der Waals surface area contributed by atoms with Crippen LogP contribution in [0.1, 0.15) is 89.9 Å². The van der Waals surface area contributed by atoms with Crippen molar-refractivity contribution in [3.05, 3.63) is 0 Å². The Morgan fingerprint density at radius 3 is 1.32 bits per heavy atom. The second-order valence-electron chi connectivity index (χ2n) is 12.1. The quantitative estimate of drug-likeness (QED) is 0.508. The Hall–Kier alpha value is -1.54. The maximum Gasteiger partial charge on any atom is 0.245 e. The fourth-order valence-corrected chi connectivity index (χ4v) is 7.97. The van der Waals surface area contributed by atoms with Crippen molar-refractivity contribution >= 4 is 46.8 Å². The van der Waals surface area contributed by atoms with Crippen LogP contribution in [0.2, 0.25) is 0 Å². The van der Waals surface area contributed by atoms with Gasteiger partial charge in [0.05, 0.1) is 22.8 Å². The van der Waals surface area contributed by atoms with Crippen LogP contribution in [0.4, 0.5) is 0 Å². The Morgan fingerprint density at radius 2 is 0.947 bits per heavy atom. The number of piperazine rings is 1. The Kier molecular flexibility index (Phi) is 9.08. The Labute approximate surface area is 235 Å². The molecule has 10 heteroatoms. The van der Waals surface area contributed by atoms with Gasteiger partial charge in [0.15, 0.2) is 0 Å². The summed E-state index contributed by atoms with van der Waals surface area (Å²) in [5, 5.41) is 5.65. The highest BCUT2D eigenvalue weighted by atomic mass is 35.5. The number of hydrogen-bond donors (Lipinski definition) is 2. The summed E-state index contributed by atoms with van der Waals surface area (Å²) in [5.74, 6) is -0.510. The van der Waals surface area contributed by atoms with Crippen molar-refractivity contribution in [2.45, 2.75) is 125 Å². The molecule has 2 N–H and O–H groups in total. The number of piperidine rings is 2. The van der Waals surface area contributed by atoms with Crippen LogP contribution in [0.5, 0.6) is 0 Å². The van der Waals surface area contributed by atoms with Gasteiger partial charge in [-0.2, -0.15) is 0 Å². The summed E-state index contributed by atoms with van der Waals surface area (Å²) >= 11 is 13.0. The zero-order valence-corrected chi connectivity index (χ0v) is 23.7. The second kappa shape index (κ2) is 12.3. The molecule has 0 aromatic rings. The van der Waals surface area contributed by atoms with E-state index in [1.807, 2.05) is 0 Å². The van der Waals surface area contributed by atoms with Crippen molar-refractivity contribution in [1.82, 2.24) is 20.4 Å². The molecule has 5 aliphatic rings. The fraction of sp³-hybridized carbons (Fsp3) is 0.857. The van der Waals surface area contributed by atoms with Gasteiger partial charge in [0, 0.05) is 24.9 Å². The summed E-state index contributed by atoms with van der Waals surface area (Å²) in [6, 6.07) is -2.46. The van der Waals surface area contributed by atoms with Crippen molar-refractivity contribution in [2.75, 3.05) is 13.1 Å². The zero-order chi connectivity index (χ0) is 26.8. The normalized spacial score (nSPS) is 35.9. The SMILES string of the molecule is O=C1NC(C2CCC(Cl)CN2C(=O)C2CCCCC2)C(=O)NC1C1CCC(Cl)CN1C(=O)C1CCCCC1. The second-order valence-corrected chi connectivity index (χ2v) is 13.3. The van der Waals surface area contributed by atoms with Gasteiger partial charge in [0.2, 0.25) is 23.6 Å². The van der Waals surface area contributed by atoms with E-state index in [1.54, 1.807) is 9.80 Å². The minimum absolute atomic E-state index is 0.0339. The van der Waals surface area contributed by atoms with Crippen molar-refractivity contribution < 1.29 is 19.2 Å². The van der Waals surface area contributed by atoms with Crippen molar-refractivity contribution in [2.24, 2.45) is 11.8 Å². The molecular formula is C28H42Cl2N4O4. The molecule has 2 aliphatic carbocycles. The third-order valence-corrected chi connectivity index (χ3v) is 10.3. The van der Waals surface area contributed by atoms with E-state index < -0.39 is 24.2 Å². The molecular weight excluding hydrogens is 527 g/mol. The topological polar surface area (TPSA) is 98.8 Å². The lowest BCUT2D eigenvalue weighted by Crippen LogP contribution is -2.73. The smallest absolute Gasteiger partial charge is 0.245 e. The first-order valence-corrected chi connectivity index (χ1v) is 15.7. The van der Waals surface area contributed by atoms with Crippen LogP contribution in [-0.2, 0) is 19.2 Å². The number of rotatable bonds is 4. The molecule has 212 valence electrons. The maximum absolute atomic E-state index is 13.5. The summed E-state index contributed by atoms with van der Waals surface area (Å²) < 4.78 is 0. The number of carbonyl (C=O) groups excluding carboxylic acids is 4. The van der Waals surface area contributed by atoms with Gasteiger partial charge in [0.25, 0.3) is 0 Å². The predicted octanol–water partition coefficient (Wildman–Crippen LogP) is 3.33. The first-order chi connectivity index (χ1) is 18.3. The van der Waals surface area contributed by atoms with Gasteiger partial charge in [-0.05, 0) is 51.4 Å². The number of likely N-dealkylation sites (tertiary alicyclic amines) is 2. The highest BCUT2D eigenvalue weighted by Gasteiger charge is 2.49. The summed E-state index contributed by atoms with van der Waals surface area (Å²) in [6.45, 7) is 0.794. The highest BCUT2D eigenvalue weighted by molar-refractivity contribution is 6.21. The Morgan fingerprint density at radius 1 is 0.579 bits per heavy atom. The molecule has 8 nitrogen and oxygen atoms in total. The lowest BCUT2D eigenvalue weighted by Gasteiger charge is -2.48. The first-order valence-electron chi connectivity index (χ1n) is 14.8. The third kappa shape index (κ3) is 5.96. The van der Waals surface area contributed by atoms with Crippen LogP contribution in [0.15, 0.2) is 0 Å². The van der Waals surface area contributed by atoms with Gasteiger partial charge in [-0.1, -0.05) is 38.5 Å². The van der Waals surface area contributed by atoms with Crippen LogP contribution in [-0.4, -0.2) is 81.4 Å². The largest absolute Gasteiger partial charge is 0.341 e. The van der Waals surface area contributed by atoms with Gasteiger partial charge in [-0.3, -0.25) is 19.2 Å². The lowest BCUT2D eigenvalue weighted by atomic mass is 9.84. The predicted molar refractivity (Wildman–Crippen MR) is 146 cm³/mol. The Bertz CT molecular complexity index is 835. The molecule has 2 saturated carbocycles. The molecule has 0 spiro atoms. The van der Waals surface area contributed by atoms with E-state index in [-0.39, 0.29) is 46.2 Å². The van der Waals surface area contributed by atoms with E-state index in [0.717, 1.165) is 64.2 Å². The molecule has 0 radical (unpaired) electrons. The molecule has 0 bridgehead atoms. The summed E-state index contributed by atoms with van der Waals surface area (Å²) in [6.07, 6.45) is 12.5. The standard InChI is InChI=1S/C28H42Cl2N4O4/c29-19-11-13-21(33(15-19)27(37)17-7-3-1-4-8-17)23-25(35)32-24(26(36)31-23)22-14-12-20(30)16-34(22)28(38)18-9-5-2-6-10-18/h17-24H,1-16H2,(H,31,36)(H,32,35). The van der Waals surface area contributed by atoms with Gasteiger partial charge in [0.1, 0.15) is 12.1 Å². The van der Waals surface area contributed by atoms with Crippen LogP contribution in [0.25, 0.3) is 0 Å². The van der Waals surface area contributed by atoms with Crippen molar-refractivity contribution in [3.8, 4) is 0 Å². The van der Waals surface area contributed by atoms with Gasteiger partial charge >= 0.3 is 0 Å². The highest BCUT2D eigenvalue weighted by Crippen LogP contribution is 2.33. The molecule has 38 heavy (non-hydrogen) atoms. The minimum Gasteiger partial charge on any atom is -0.341 e. The summed E-state index contributed by atoms with van der Waals surface area (Å²) in [4.78, 5) is 57.7. The molecule has 0 aromatic heterocycles. The number of alkyl halides is 2. The monoisotopic (exact) mass is 568 g/mol. The number of nitrogens with zero attached hydrogens (tertiary/aromatic N) is 2. The minimum atomic E-state index is -0.817. The van der Waals surface area contributed by atoms with Gasteiger partial charge in [-0.15, -0.1) is 23.2 Å². The van der Waals surface area contributed by atoms with Crippen molar-refractivity contribution in [3.63, 3.8) is 0 Å². The molecule has 5 fully saturated rings.